The Kier molecular flexibility index (Phi) is 11.6. The highest BCUT2D eigenvalue weighted by atomic mass is 29.8. The molecule has 0 aliphatic heterocycles. The first-order chi connectivity index (χ1) is 7.56. The molecule has 0 rings (SSSR count). The third kappa shape index (κ3) is 14.9. The molecule has 0 aromatic carbocycles. The molecule has 0 aromatic rings. The van der Waals surface area contributed by atoms with Crippen molar-refractivity contribution in [1.29, 1.82) is 0 Å². The monoisotopic (exact) mass is 281 g/mol. The van der Waals surface area contributed by atoms with Gasteiger partial charge in [0.25, 0.3) is 0 Å². The zero-order valence-electron chi connectivity index (χ0n) is 10.8. The summed E-state index contributed by atoms with van der Waals surface area (Å²) in [6, 6.07) is 1.27. The predicted molar refractivity (Wildman–Crippen MR) is 79.7 cm³/mol. The fourth-order valence-corrected chi connectivity index (χ4v) is 4.25. The second-order valence-corrected chi connectivity index (χ2v) is 19.3. The van der Waals surface area contributed by atoms with Crippen molar-refractivity contribution in [3.63, 3.8) is 0 Å². The SMILES string of the molecule is CCCCCCCCCCCC[Si]([Si])([Si])[Si]. The van der Waals surface area contributed by atoms with Gasteiger partial charge in [-0.1, -0.05) is 77.2 Å². The third-order valence-electron chi connectivity index (χ3n) is 2.91. The Bertz CT molecular complexity index is 142. The molecule has 89 valence electrons. The Labute approximate surface area is 113 Å². The van der Waals surface area contributed by atoms with Gasteiger partial charge in [0, 0.05) is 35.9 Å². The van der Waals surface area contributed by atoms with Gasteiger partial charge >= 0.3 is 0 Å². The van der Waals surface area contributed by atoms with E-state index in [1.165, 1.54) is 70.3 Å². The number of unbranched alkanes of at least 4 members (excludes halogenated alkanes) is 9. The summed E-state index contributed by atoms with van der Waals surface area (Å²) in [7, 11) is 11.1. The number of hydrogen-bond donors (Lipinski definition) is 0. The Morgan fingerprint density at radius 3 is 1.38 bits per heavy atom. The van der Waals surface area contributed by atoms with Crippen LogP contribution in [0.1, 0.15) is 71.1 Å². The molecule has 0 nitrogen and oxygen atoms in total. The van der Waals surface area contributed by atoms with Crippen LogP contribution in [0.2, 0.25) is 6.04 Å². The van der Waals surface area contributed by atoms with Crippen molar-refractivity contribution < 1.29 is 0 Å². The van der Waals surface area contributed by atoms with E-state index in [0.29, 0.717) is 0 Å². The highest BCUT2D eigenvalue weighted by molar-refractivity contribution is 7.60. The van der Waals surface area contributed by atoms with E-state index in [1.54, 1.807) is 0 Å². The molecule has 0 fully saturated rings. The molecule has 0 spiro atoms. The summed E-state index contributed by atoms with van der Waals surface area (Å²) in [5.41, 5.74) is 0. The van der Waals surface area contributed by atoms with Crippen molar-refractivity contribution in [3.8, 4) is 0 Å². The second kappa shape index (κ2) is 11.0. The first-order valence-corrected chi connectivity index (χ1v) is 13.5. The molecule has 9 radical (unpaired) electrons. The van der Waals surface area contributed by atoms with E-state index in [2.05, 4.69) is 36.2 Å². The molecule has 4 heteroatoms. The molecule has 0 aromatic heterocycles. The van der Waals surface area contributed by atoms with E-state index in [1.807, 2.05) is 0 Å². The minimum absolute atomic E-state index is 1.27. The van der Waals surface area contributed by atoms with Crippen LogP contribution >= 0.6 is 0 Å². The maximum atomic E-state index is 3.71. The van der Waals surface area contributed by atoms with Gasteiger partial charge in [-0.25, -0.2) is 0 Å². The third-order valence-corrected chi connectivity index (χ3v) is 6.26. The number of hydrogen-bond acceptors (Lipinski definition) is 0. The van der Waals surface area contributed by atoms with E-state index in [-0.39, 0.29) is 0 Å². The molecular weight excluding hydrogens is 256 g/mol. The molecular formula is C12H25Si4. The van der Waals surface area contributed by atoms with Crippen LogP contribution in [0.15, 0.2) is 0 Å². The minimum Gasteiger partial charge on any atom is -0.0654 e. The molecule has 0 saturated heterocycles. The fraction of sp³-hybridized carbons (Fsp3) is 1.00. The van der Waals surface area contributed by atoms with Crippen LogP contribution < -0.4 is 0 Å². The molecule has 0 aliphatic carbocycles. The summed E-state index contributed by atoms with van der Waals surface area (Å²) >= 11 is 0. The summed E-state index contributed by atoms with van der Waals surface area (Å²) in [5.74, 6) is 0. The van der Waals surface area contributed by atoms with Gasteiger partial charge in [0.05, 0.1) is 0 Å². The van der Waals surface area contributed by atoms with Crippen LogP contribution in [0, 0.1) is 0 Å². The van der Waals surface area contributed by atoms with E-state index >= 15 is 0 Å². The molecule has 16 heavy (non-hydrogen) atoms. The lowest BCUT2D eigenvalue weighted by Crippen LogP contribution is -2.37. The first-order valence-electron chi connectivity index (χ1n) is 6.81. The average molecular weight is 282 g/mol. The molecule has 0 saturated carbocycles. The lowest BCUT2D eigenvalue weighted by Gasteiger charge is -2.14. The topological polar surface area (TPSA) is 0 Å². The van der Waals surface area contributed by atoms with Crippen molar-refractivity contribution in [2.45, 2.75) is 77.2 Å². The van der Waals surface area contributed by atoms with Crippen LogP contribution in [0.25, 0.3) is 0 Å². The molecule has 0 bridgehead atoms. The van der Waals surface area contributed by atoms with Crippen molar-refractivity contribution in [3.05, 3.63) is 0 Å². The smallest absolute Gasteiger partial charge is 0.0115 e. The second-order valence-electron chi connectivity index (χ2n) is 4.84. The van der Waals surface area contributed by atoms with Gasteiger partial charge in [-0.15, -0.1) is 0 Å². The number of rotatable bonds is 11. The Hall–Kier alpha value is 0.868. The first kappa shape index (κ1) is 16.9. The Morgan fingerprint density at radius 2 is 1.00 bits per heavy atom. The van der Waals surface area contributed by atoms with Crippen LogP contribution in [0.4, 0.5) is 0 Å². The van der Waals surface area contributed by atoms with Crippen molar-refractivity contribution in [1.82, 2.24) is 0 Å². The summed E-state index contributed by atoms with van der Waals surface area (Å²) in [5, 5.41) is 0. The van der Waals surface area contributed by atoms with E-state index < -0.39 is 6.63 Å². The largest absolute Gasteiger partial charge is 0.0654 e. The van der Waals surface area contributed by atoms with Gasteiger partial charge in [-0.05, 0) is 0 Å². The lowest BCUT2D eigenvalue weighted by molar-refractivity contribution is 0.562. The summed E-state index contributed by atoms with van der Waals surface area (Å²) in [4.78, 5) is 0. The molecule has 0 amide bonds. The zero-order valence-corrected chi connectivity index (χ0v) is 14.8. The standard InChI is InChI=1S/C12H25Si4/c1-2-3-4-5-6-7-8-9-10-11-12-16(13,14)15/h2-12H2,1H3. The van der Waals surface area contributed by atoms with Crippen molar-refractivity contribution in [2.75, 3.05) is 0 Å². The quantitative estimate of drug-likeness (QED) is 0.402. The maximum Gasteiger partial charge on any atom is 0.0115 e. The Morgan fingerprint density at radius 1 is 0.625 bits per heavy atom. The Balaban J connectivity index is 2.99. The predicted octanol–water partition coefficient (Wildman–Crippen LogP) is 3.35. The van der Waals surface area contributed by atoms with Gasteiger partial charge in [-0.2, -0.15) is 0 Å². The van der Waals surface area contributed by atoms with Gasteiger partial charge in [0.2, 0.25) is 0 Å². The zero-order chi connectivity index (χ0) is 12.3. The van der Waals surface area contributed by atoms with E-state index in [4.69, 9.17) is 0 Å². The van der Waals surface area contributed by atoms with Gasteiger partial charge in [0.15, 0.2) is 0 Å². The van der Waals surface area contributed by atoms with Crippen LogP contribution in [0.3, 0.4) is 0 Å². The van der Waals surface area contributed by atoms with Crippen LogP contribution in [-0.2, 0) is 0 Å². The summed E-state index contributed by atoms with van der Waals surface area (Å²) in [6.45, 7) is 0.947. The normalized spacial score (nSPS) is 12.0. The highest BCUT2D eigenvalue weighted by Crippen LogP contribution is 2.12. The molecule has 0 atom stereocenters. The fourth-order valence-electron chi connectivity index (χ4n) is 1.88. The minimum atomic E-state index is -1.33. The molecule has 0 unspecified atom stereocenters. The van der Waals surface area contributed by atoms with Gasteiger partial charge in [-0.3, -0.25) is 0 Å². The van der Waals surface area contributed by atoms with Gasteiger partial charge < -0.3 is 0 Å². The molecule has 0 aliphatic rings. The molecule has 0 heterocycles. The van der Waals surface area contributed by atoms with E-state index in [9.17, 15) is 0 Å². The van der Waals surface area contributed by atoms with Crippen LogP contribution in [-0.4, -0.2) is 35.9 Å². The molecule has 0 N–H and O–H groups in total. The average Bonchev–Trinajstić information content (AvgIpc) is 2.19. The summed E-state index contributed by atoms with van der Waals surface area (Å²) < 4.78 is 0. The van der Waals surface area contributed by atoms with E-state index in [0.717, 1.165) is 0 Å². The van der Waals surface area contributed by atoms with Crippen molar-refractivity contribution in [2.24, 2.45) is 0 Å². The van der Waals surface area contributed by atoms with Gasteiger partial charge in [0.1, 0.15) is 0 Å². The van der Waals surface area contributed by atoms with Crippen LogP contribution in [0.5, 0.6) is 0 Å². The maximum absolute atomic E-state index is 3.71. The summed E-state index contributed by atoms with van der Waals surface area (Å²) in [6.07, 6.45) is 14.2. The van der Waals surface area contributed by atoms with Crippen molar-refractivity contribution >= 4 is 35.9 Å². The lowest BCUT2D eigenvalue weighted by atomic mass is 10.1. The highest BCUT2D eigenvalue weighted by Gasteiger charge is 2.11.